The second kappa shape index (κ2) is 7.55. The summed E-state index contributed by atoms with van der Waals surface area (Å²) in [5.74, 6) is 1.45. The van der Waals surface area contributed by atoms with Crippen molar-refractivity contribution >= 4 is 22.1 Å². The average Bonchev–Trinajstić information content (AvgIpc) is 2.47. The van der Waals surface area contributed by atoms with Crippen LogP contribution >= 0.6 is 15.9 Å². The number of hydrogen-bond acceptors (Lipinski definition) is 4. The molecule has 0 amide bonds. The summed E-state index contributed by atoms with van der Waals surface area (Å²) in [4.78, 5) is 0. The summed E-state index contributed by atoms with van der Waals surface area (Å²) in [6, 6.07) is 14.9. The van der Waals surface area contributed by atoms with Crippen LogP contribution in [0.2, 0.25) is 0 Å². The molecule has 5 heteroatoms. The number of ether oxygens (including phenoxy) is 2. The lowest BCUT2D eigenvalue weighted by molar-refractivity contribution is 0.217. The van der Waals surface area contributed by atoms with Gasteiger partial charge in [-0.25, -0.2) is 0 Å². The Balaban J connectivity index is 1.83. The standard InChI is InChI=1S/C15H14BrNO3/c16-13-5-7-14(8-6-13)19-9-10-20-15-4-2-1-3-12(15)11-17-18/h1-8,11,18H,9-10H2/b17-11+. The molecule has 0 radical (unpaired) electrons. The SMILES string of the molecule is O/N=C/c1ccccc1OCCOc1ccc(Br)cc1. The largest absolute Gasteiger partial charge is 0.490 e. The molecule has 2 rings (SSSR count). The maximum Gasteiger partial charge on any atom is 0.128 e. The van der Waals surface area contributed by atoms with Gasteiger partial charge in [-0.15, -0.1) is 0 Å². The van der Waals surface area contributed by atoms with Crippen LogP contribution in [0.25, 0.3) is 0 Å². The van der Waals surface area contributed by atoms with E-state index in [0.717, 1.165) is 15.8 Å². The molecule has 0 saturated heterocycles. The van der Waals surface area contributed by atoms with E-state index in [-0.39, 0.29) is 0 Å². The lowest BCUT2D eigenvalue weighted by Crippen LogP contribution is -2.09. The van der Waals surface area contributed by atoms with Crippen LogP contribution in [0.5, 0.6) is 11.5 Å². The monoisotopic (exact) mass is 335 g/mol. The summed E-state index contributed by atoms with van der Waals surface area (Å²) < 4.78 is 12.2. The molecule has 0 bridgehead atoms. The van der Waals surface area contributed by atoms with Gasteiger partial charge < -0.3 is 14.7 Å². The molecule has 2 aromatic carbocycles. The van der Waals surface area contributed by atoms with E-state index in [9.17, 15) is 0 Å². The van der Waals surface area contributed by atoms with E-state index in [0.29, 0.717) is 19.0 Å². The zero-order valence-corrected chi connectivity index (χ0v) is 12.3. The van der Waals surface area contributed by atoms with E-state index in [1.54, 1.807) is 0 Å². The topological polar surface area (TPSA) is 51.1 Å². The Labute approximate surface area is 125 Å². The van der Waals surface area contributed by atoms with Gasteiger partial charge in [0, 0.05) is 10.0 Å². The zero-order valence-electron chi connectivity index (χ0n) is 10.7. The maximum atomic E-state index is 8.57. The van der Waals surface area contributed by atoms with Crippen molar-refractivity contribution in [2.75, 3.05) is 13.2 Å². The minimum atomic E-state index is 0.409. The normalized spacial score (nSPS) is 10.7. The maximum absolute atomic E-state index is 8.57. The molecule has 0 aliphatic heterocycles. The molecule has 0 heterocycles. The van der Waals surface area contributed by atoms with Gasteiger partial charge in [0.1, 0.15) is 24.7 Å². The number of oxime groups is 1. The number of hydrogen-bond donors (Lipinski definition) is 1. The van der Waals surface area contributed by atoms with Crippen LogP contribution < -0.4 is 9.47 Å². The fraction of sp³-hybridized carbons (Fsp3) is 0.133. The van der Waals surface area contributed by atoms with Gasteiger partial charge in [0.25, 0.3) is 0 Å². The fourth-order valence-electron chi connectivity index (χ4n) is 1.62. The Morgan fingerprint density at radius 2 is 1.70 bits per heavy atom. The van der Waals surface area contributed by atoms with Crippen molar-refractivity contribution in [3.63, 3.8) is 0 Å². The second-order valence-electron chi connectivity index (χ2n) is 3.93. The van der Waals surface area contributed by atoms with Crippen molar-refractivity contribution < 1.29 is 14.7 Å². The highest BCUT2D eigenvalue weighted by Crippen LogP contribution is 2.17. The number of rotatable bonds is 6. The number of para-hydroxylation sites is 1. The van der Waals surface area contributed by atoms with Crippen molar-refractivity contribution in [1.82, 2.24) is 0 Å². The minimum Gasteiger partial charge on any atom is -0.490 e. The van der Waals surface area contributed by atoms with Crippen molar-refractivity contribution in [3.05, 3.63) is 58.6 Å². The van der Waals surface area contributed by atoms with E-state index >= 15 is 0 Å². The third kappa shape index (κ3) is 4.28. The average molecular weight is 336 g/mol. The highest BCUT2D eigenvalue weighted by atomic mass is 79.9. The molecule has 20 heavy (non-hydrogen) atoms. The molecule has 0 spiro atoms. The Hall–Kier alpha value is -2.01. The van der Waals surface area contributed by atoms with Gasteiger partial charge in [-0.3, -0.25) is 0 Å². The first-order chi connectivity index (χ1) is 9.79. The second-order valence-corrected chi connectivity index (χ2v) is 4.85. The number of nitrogens with zero attached hydrogens (tertiary/aromatic N) is 1. The van der Waals surface area contributed by atoms with Crippen LogP contribution in [0, 0.1) is 0 Å². The first kappa shape index (κ1) is 14.4. The molecular formula is C15H14BrNO3. The highest BCUT2D eigenvalue weighted by molar-refractivity contribution is 9.10. The van der Waals surface area contributed by atoms with Crippen LogP contribution in [-0.4, -0.2) is 24.6 Å². The van der Waals surface area contributed by atoms with Gasteiger partial charge in [0.2, 0.25) is 0 Å². The molecular weight excluding hydrogens is 322 g/mol. The predicted octanol–water partition coefficient (Wildman–Crippen LogP) is 3.72. The van der Waals surface area contributed by atoms with Crippen LogP contribution in [0.1, 0.15) is 5.56 Å². The first-order valence-corrected chi connectivity index (χ1v) is 6.86. The Kier molecular flexibility index (Phi) is 5.43. The fourth-order valence-corrected chi connectivity index (χ4v) is 1.89. The van der Waals surface area contributed by atoms with Gasteiger partial charge in [-0.1, -0.05) is 33.2 Å². The van der Waals surface area contributed by atoms with Crippen molar-refractivity contribution in [1.29, 1.82) is 0 Å². The molecule has 104 valence electrons. The lowest BCUT2D eigenvalue weighted by Gasteiger charge is -2.10. The lowest BCUT2D eigenvalue weighted by atomic mass is 10.2. The summed E-state index contributed by atoms with van der Waals surface area (Å²) >= 11 is 3.37. The Morgan fingerprint density at radius 1 is 1.00 bits per heavy atom. The summed E-state index contributed by atoms with van der Waals surface area (Å²) in [6.07, 6.45) is 1.34. The van der Waals surface area contributed by atoms with E-state index in [1.165, 1.54) is 6.21 Å². The smallest absolute Gasteiger partial charge is 0.128 e. The molecule has 0 saturated carbocycles. The van der Waals surface area contributed by atoms with Crippen LogP contribution in [0.15, 0.2) is 58.2 Å². The van der Waals surface area contributed by atoms with Crippen molar-refractivity contribution in [2.45, 2.75) is 0 Å². The summed E-state index contributed by atoms with van der Waals surface area (Å²) in [5, 5.41) is 11.6. The minimum absolute atomic E-state index is 0.409. The molecule has 0 atom stereocenters. The van der Waals surface area contributed by atoms with Gasteiger partial charge in [-0.05, 0) is 36.4 Å². The molecule has 0 fully saturated rings. The van der Waals surface area contributed by atoms with Crippen molar-refractivity contribution in [2.24, 2.45) is 5.16 Å². The van der Waals surface area contributed by atoms with Gasteiger partial charge in [0.05, 0.1) is 6.21 Å². The van der Waals surface area contributed by atoms with Gasteiger partial charge in [-0.2, -0.15) is 0 Å². The van der Waals surface area contributed by atoms with Crippen LogP contribution in [-0.2, 0) is 0 Å². The molecule has 1 N–H and O–H groups in total. The molecule has 0 unspecified atom stereocenters. The van der Waals surface area contributed by atoms with Gasteiger partial charge >= 0.3 is 0 Å². The zero-order chi connectivity index (χ0) is 14.2. The summed E-state index contributed by atoms with van der Waals surface area (Å²) in [6.45, 7) is 0.846. The molecule has 2 aromatic rings. The molecule has 0 aromatic heterocycles. The van der Waals surface area contributed by atoms with E-state index in [1.807, 2.05) is 48.5 Å². The van der Waals surface area contributed by atoms with Crippen LogP contribution in [0.3, 0.4) is 0 Å². The van der Waals surface area contributed by atoms with E-state index < -0.39 is 0 Å². The van der Waals surface area contributed by atoms with Crippen LogP contribution in [0.4, 0.5) is 0 Å². The van der Waals surface area contributed by atoms with E-state index in [2.05, 4.69) is 21.1 Å². The predicted molar refractivity (Wildman–Crippen MR) is 81.0 cm³/mol. The molecule has 4 nitrogen and oxygen atoms in total. The summed E-state index contributed by atoms with van der Waals surface area (Å²) in [5.41, 5.74) is 0.721. The number of benzene rings is 2. The van der Waals surface area contributed by atoms with Gasteiger partial charge in [0.15, 0.2) is 0 Å². The quantitative estimate of drug-likeness (QED) is 0.379. The highest BCUT2D eigenvalue weighted by Gasteiger charge is 2.01. The van der Waals surface area contributed by atoms with Crippen molar-refractivity contribution in [3.8, 4) is 11.5 Å². The molecule has 0 aliphatic carbocycles. The third-order valence-corrected chi connectivity index (χ3v) is 3.07. The summed E-state index contributed by atoms with van der Waals surface area (Å²) in [7, 11) is 0. The first-order valence-electron chi connectivity index (χ1n) is 6.07. The number of halogens is 1. The van der Waals surface area contributed by atoms with E-state index in [4.69, 9.17) is 14.7 Å². The Morgan fingerprint density at radius 3 is 2.45 bits per heavy atom. The third-order valence-electron chi connectivity index (χ3n) is 2.54. The Bertz CT molecular complexity index is 570. The molecule has 0 aliphatic rings.